The average Bonchev–Trinajstić information content (AvgIpc) is 1.59. The van der Waals surface area contributed by atoms with E-state index in [0.29, 0.717) is 0 Å². The lowest BCUT2D eigenvalue weighted by atomic mass is 10.0. The highest BCUT2D eigenvalue weighted by Crippen LogP contribution is 2.20. The van der Waals surface area contributed by atoms with E-state index in [0.717, 1.165) is 5.75 Å². The van der Waals surface area contributed by atoms with Gasteiger partial charge in [-0.05, 0) is 5.41 Å². The molecule has 0 saturated carbocycles. The molecule has 0 spiro atoms. The molecule has 0 atom stereocenters. The van der Waals surface area contributed by atoms with Gasteiger partial charge in [0.25, 0.3) is 0 Å². The van der Waals surface area contributed by atoms with E-state index in [-0.39, 0.29) is 11.4 Å². The molecule has 10 heavy (non-hydrogen) atoms. The van der Waals surface area contributed by atoms with Crippen molar-refractivity contribution < 1.29 is 8.98 Å². The minimum atomic E-state index is -0.228. The van der Waals surface area contributed by atoms with Gasteiger partial charge in [0.15, 0.2) is 0 Å². The average molecular weight is 162 g/mol. The second-order valence-corrected chi connectivity index (χ2v) is 4.09. The van der Waals surface area contributed by atoms with Gasteiger partial charge in [-0.1, -0.05) is 20.8 Å². The highest BCUT2D eigenvalue weighted by Gasteiger charge is 2.11. The summed E-state index contributed by atoms with van der Waals surface area (Å²) in [4.78, 5) is 10.3. The molecule has 0 aliphatic carbocycles. The summed E-state index contributed by atoms with van der Waals surface area (Å²) in [5, 5.41) is 0. The second-order valence-electron chi connectivity index (χ2n) is 3.40. The van der Waals surface area contributed by atoms with E-state index in [2.05, 4.69) is 20.8 Å². The van der Waals surface area contributed by atoms with Gasteiger partial charge in [-0.25, -0.2) is 0 Å². The molecule has 0 saturated heterocycles. The number of carbonyl (C=O) groups excluding carboxylic acids is 1. The number of hydrogen-bond acceptors (Lipinski definition) is 3. The Morgan fingerprint density at radius 2 is 2.00 bits per heavy atom. The van der Waals surface area contributed by atoms with Crippen LogP contribution < -0.4 is 0 Å². The summed E-state index contributed by atoms with van der Waals surface area (Å²) in [6.07, 6.45) is 0. The summed E-state index contributed by atoms with van der Waals surface area (Å²) in [5.74, 6) is 0.612. The standard InChI is InChI=1S/C7H14O2S/c1-6(8)9-10-5-7(2,3)4/h5H2,1-4H3. The summed E-state index contributed by atoms with van der Waals surface area (Å²) in [5.41, 5.74) is 0.222. The minimum absolute atomic E-state index is 0.222. The zero-order valence-electron chi connectivity index (χ0n) is 6.93. The lowest BCUT2D eigenvalue weighted by Gasteiger charge is -2.15. The maximum Gasteiger partial charge on any atom is 0.314 e. The summed E-state index contributed by atoms with van der Waals surface area (Å²) < 4.78 is 4.70. The lowest BCUT2D eigenvalue weighted by Crippen LogP contribution is -2.09. The zero-order chi connectivity index (χ0) is 8.20. The van der Waals surface area contributed by atoms with Crippen molar-refractivity contribution in [3.8, 4) is 0 Å². The van der Waals surface area contributed by atoms with Crippen molar-refractivity contribution in [2.75, 3.05) is 5.75 Å². The minimum Gasteiger partial charge on any atom is -0.392 e. The van der Waals surface area contributed by atoms with Gasteiger partial charge in [-0.3, -0.25) is 4.79 Å². The summed E-state index contributed by atoms with van der Waals surface area (Å²) in [6, 6.07) is 0. The number of carbonyl (C=O) groups is 1. The molecule has 2 nitrogen and oxygen atoms in total. The Labute approximate surface area is 66.5 Å². The quantitative estimate of drug-likeness (QED) is 0.582. The van der Waals surface area contributed by atoms with Crippen LogP contribution >= 0.6 is 12.0 Å². The molecule has 3 heteroatoms. The third-order valence-corrected chi connectivity index (χ3v) is 2.00. The molecule has 0 N–H and O–H groups in total. The van der Waals surface area contributed by atoms with Gasteiger partial charge in [0, 0.05) is 12.7 Å². The van der Waals surface area contributed by atoms with Crippen LogP contribution in [0.5, 0.6) is 0 Å². The number of hydrogen-bond donors (Lipinski definition) is 0. The first-order valence-electron chi connectivity index (χ1n) is 3.22. The van der Waals surface area contributed by atoms with Gasteiger partial charge < -0.3 is 4.18 Å². The van der Waals surface area contributed by atoms with Gasteiger partial charge in [0.05, 0.1) is 12.0 Å². The maximum absolute atomic E-state index is 10.3. The van der Waals surface area contributed by atoms with Crippen molar-refractivity contribution in [3.05, 3.63) is 0 Å². The summed E-state index contributed by atoms with van der Waals surface area (Å²) in [6.45, 7) is 7.71. The molecule has 0 amide bonds. The Balaban J connectivity index is 3.29. The Hall–Kier alpha value is -0.180. The highest BCUT2D eigenvalue weighted by atomic mass is 32.2. The van der Waals surface area contributed by atoms with E-state index in [1.807, 2.05) is 0 Å². The normalized spacial score (nSPS) is 11.2. The smallest absolute Gasteiger partial charge is 0.314 e. The third kappa shape index (κ3) is 7.82. The zero-order valence-corrected chi connectivity index (χ0v) is 7.75. The molecule has 0 rings (SSSR count). The molecule has 0 radical (unpaired) electrons. The van der Waals surface area contributed by atoms with Crippen LogP contribution in [0, 0.1) is 5.41 Å². The van der Waals surface area contributed by atoms with Crippen molar-refractivity contribution in [1.82, 2.24) is 0 Å². The number of rotatable bonds is 2. The Morgan fingerprint density at radius 3 is 2.30 bits per heavy atom. The molecule has 0 aromatic heterocycles. The molecule has 60 valence electrons. The first-order valence-corrected chi connectivity index (χ1v) is 4.13. The molecule has 0 aromatic rings. The lowest BCUT2D eigenvalue weighted by molar-refractivity contribution is -0.130. The largest absolute Gasteiger partial charge is 0.392 e. The molecule has 0 aromatic carbocycles. The molecule has 0 aliphatic heterocycles. The Bertz CT molecular complexity index is 115. The molecular formula is C7H14O2S. The third-order valence-electron chi connectivity index (χ3n) is 0.668. The van der Waals surface area contributed by atoms with Crippen molar-refractivity contribution in [2.45, 2.75) is 27.7 Å². The molecular weight excluding hydrogens is 148 g/mol. The molecule has 0 bridgehead atoms. The van der Waals surface area contributed by atoms with Crippen molar-refractivity contribution in [2.24, 2.45) is 5.41 Å². The van der Waals surface area contributed by atoms with Gasteiger partial charge in [-0.2, -0.15) is 0 Å². The van der Waals surface area contributed by atoms with Gasteiger partial charge >= 0.3 is 5.97 Å². The van der Waals surface area contributed by atoms with E-state index in [4.69, 9.17) is 4.18 Å². The topological polar surface area (TPSA) is 26.3 Å². The van der Waals surface area contributed by atoms with E-state index in [1.54, 1.807) is 0 Å². The van der Waals surface area contributed by atoms with E-state index >= 15 is 0 Å². The van der Waals surface area contributed by atoms with Crippen LogP contribution in [0.1, 0.15) is 27.7 Å². The fraction of sp³-hybridized carbons (Fsp3) is 0.857. The predicted octanol–water partition coefficient (Wildman–Crippen LogP) is 2.24. The van der Waals surface area contributed by atoms with Crippen LogP contribution in [0.3, 0.4) is 0 Å². The van der Waals surface area contributed by atoms with E-state index < -0.39 is 0 Å². The molecule has 0 fully saturated rings. The first kappa shape index (κ1) is 9.82. The van der Waals surface area contributed by atoms with Crippen molar-refractivity contribution in [1.29, 1.82) is 0 Å². The van der Waals surface area contributed by atoms with Gasteiger partial charge in [-0.15, -0.1) is 0 Å². The summed E-state index contributed by atoms with van der Waals surface area (Å²) >= 11 is 1.22. The highest BCUT2D eigenvalue weighted by molar-refractivity contribution is 7.95. The van der Waals surface area contributed by atoms with Crippen LogP contribution in [0.4, 0.5) is 0 Å². The van der Waals surface area contributed by atoms with Crippen LogP contribution in [0.2, 0.25) is 0 Å². The SMILES string of the molecule is CC(=O)OSCC(C)(C)C. The first-order chi connectivity index (χ1) is 4.42. The maximum atomic E-state index is 10.3. The van der Waals surface area contributed by atoms with Gasteiger partial charge in [0.1, 0.15) is 0 Å². The Morgan fingerprint density at radius 1 is 1.50 bits per heavy atom. The Kier molecular flexibility index (Phi) is 3.79. The molecule has 0 unspecified atom stereocenters. The predicted molar refractivity (Wildman–Crippen MR) is 43.7 cm³/mol. The van der Waals surface area contributed by atoms with Crippen LogP contribution in [0.15, 0.2) is 0 Å². The van der Waals surface area contributed by atoms with Gasteiger partial charge in [0.2, 0.25) is 0 Å². The van der Waals surface area contributed by atoms with Crippen molar-refractivity contribution >= 4 is 18.0 Å². The molecule has 0 aliphatic rings. The fourth-order valence-corrected chi connectivity index (χ4v) is 0.868. The monoisotopic (exact) mass is 162 g/mol. The van der Waals surface area contributed by atoms with Crippen molar-refractivity contribution in [3.63, 3.8) is 0 Å². The van der Waals surface area contributed by atoms with Crippen LogP contribution in [-0.2, 0) is 8.98 Å². The second kappa shape index (κ2) is 3.86. The van der Waals surface area contributed by atoms with Crippen LogP contribution in [-0.4, -0.2) is 11.7 Å². The van der Waals surface area contributed by atoms with E-state index in [1.165, 1.54) is 19.0 Å². The van der Waals surface area contributed by atoms with Crippen LogP contribution in [0.25, 0.3) is 0 Å². The fourth-order valence-electron chi connectivity index (χ4n) is 0.289. The molecule has 0 heterocycles. The summed E-state index contributed by atoms with van der Waals surface area (Å²) in [7, 11) is 0. The van der Waals surface area contributed by atoms with E-state index in [9.17, 15) is 4.79 Å².